The van der Waals surface area contributed by atoms with Gasteiger partial charge >= 0.3 is 0 Å². The first-order chi connectivity index (χ1) is 10.1. The molecule has 1 aliphatic rings. The Kier molecular flexibility index (Phi) is 5.59. The summed E-state index contributed by atoms with van der Waals surface area (Å²) in [5.41, 5.74) is 2.42. The fourth-order valence-electron chi connectivity index (χ4n) is 2.70. The van der Waals surface area contributed by atoms with Gasteiger partial charge in [-0.05, 0) is 18.7 Å². The third-order valence-electron chi connectivity index (χ3n) is 3.94. The Morgan fingerprint density at radius 2 is 2.00 bits per heavy atom. The summed E-state index contributed by atoms with van der Waals surface area (Å²) in [4.78, 5) is 15.6. The second-order valence-corrected chi connectivity index (χ2v) is 5.46. The molecule has 5 heteroatoms. The van der Waals surface area contributed by atoms with Crippen molar-refractivity contribution < 1.29 is 9.53 Å². The van der Waals surface area contributed by atoms with Crippen molar-refractivity contribution in [3.8, 4) is 5.75 Å². The Balaban J connectivity index is 1.96. The minimum Gasteiger partial charge on any atom is -0.496 e. The first-order valence-electron chi connectivity index (χ1n) is 7.42. The average Bonchev–Trinajstić information content (AvgIpc) is 2.49. The fourth-order valence-corrected chi connectivity index (χ4v) is 2.70. The number of hydrogen-bond donors (Lipinski definition) is 1. The van der Waals surface area contributed by atoms with Crippen LogP contribution >= 0.6 is 0 Å². The summed E-state index contributed by atoms with van der Waals surface area (Å²) in [5.74, 6) is 1.11. The molecule has 0 unspecified atom stereocenters. The molecule has 1 saturated heterocycles. The van der Waals surface area contributed by atoms with Crippen LogP contribution < -0.4 is 10.1 Å². The van der Waals surface area contributed by atoms with Gasteiger partial charge in [0.15, 0.2) is 0 Å². The summed E-state index contributed by atoms with van der Waals surface area (Å²) in [5, 5.41) is 3.15. The van der Waals surface area contributed by atoms with Crippen LogP contribution in [-0.2, 0) is 17.9 Å². The summed E-state index contributed by atoms with van der Waals surface area (Å²) in [7, 11) is 3.64. The summed E-state index contributed by atoms with van der Waals surface area (Å²) in [6, 6.07) is 6.40. The molecule has 0 aromatic heterocycles. The predicted molar refractivity (Wildman–Crippen MR) is 83.3 cm³/mol. The minimum atomic E-state index is 0.174. The van der Waals surface area contributed by atoms with Gasteiger partial charge < -0.3 is 15.0 Å². The van der Waals surface area contributed by atoms with Gasteiger partial charge in [-0.3, -0.25) is 9.69 Å². The SMILES string of the molecule is CNCc1ccc(CN2CCN(C(C)=O)CC2)cc1OC. The summed E-state index contributed by atoms with van der Waals surface area (Å²) >= 11 is 0. The highest BCUT2D eigenvalue weighted by molar-refractivity contribution is 5.73. The molecule has 0 saturated carbocycles. The van der Waals surface area contributed by atoms with Crippen molar-refractivity contribution >= 4 is 5.91 Å². The fraction of sp³-hybridized carbons (Fsp3) is 0.562. The van der Waals surface area contributed by atoms with Crippen LogP contribution in [0.1, 0.15) is 18.1 Å². The molecule has 0 spiro atoms. The maximum absolute atomic E-state index is 11.3. The number of carbonyl (C=O) groups excluding carboxylic acids is 1. The van der Waals surface area contributed by atoms with Crippen molar-refractivity contribution in [1.29, 1.82) is 0 Å². The van der Waals surface area contributed by atoms with Crippen molar-refractivity contribution in [3.05, 3.63) is 29.3 Å². The van der Waals surface area contributed by atoms with Gasteiger partial charge in [-0.25, -0.2) is 0 Å². The van der Waals surface area contributed by atoms with E-state index in [1.807, 2.05) is 11.9 Å². The van der Waals surface area contributed by atoms with Crippen LogP contribution in [0, 0.1) is 0 Å². The number of methoxy groups -OCH3 is 1. The number of nitrogens with one attached hydrogen (secondary N) is 1. The Morgan fingerprint density at radius 3 is 2.57 bits per heavy atom. The Bertz CT molecular complexity index is 482. The topological polar surface area (TPSA) is 44.8 Å². The molecule has 1 N–H and O–H groups in total. The van der Waals surface area contributed by atoms with E-state index in [4.69, 9.17) is 4.74 Å². The monoisotopic (exact) mass is 291 g/mol. The zero-order chi connectivity index (χ0) is 15.2. The summed E-state index contributed by atoms with van der Waals surface area (Å²) in [6.45, 7) is 6.86. The lowest BCUT2D eigenvalue weighted by atomic mass is 10.1. The van der Waals surface area contributed by atoms with E-state index in [0.717, 1.165) is 45.0 Å². The lowest BCUT2D eigenvalue weighted by Gasteiger charge is -2.34. The molecule has 1 aromatic carbocycles. The van der Waals surface area contributed by atoms with Crippen LogP contribution in [0.5, 0.6) is 5.75 Å². The molecule has 1 fully saturated rings. The van der Waals surface area contributed by atoms with Crippen LogP contribution in [0.4, 0.5) is 0 Å². The second kappa shape index (κ2) is 7.43. The molecule has 2 rings (SSSR count). The van der Waals surface area contributed by atoms with Crippen LogP contribution in [-0.4, -0.2) is 56.0 Å². The zero-order valence-electron chi connectivity index (χ0n) is 13.2. The highest BCUT2D eigenvalue weighted by Crippen LogP contribution is 2.21. The van der Waals surface area contributed by atoms with Gasteiger partial charge in [0.2, 0.25) is 5.91 Å². The Hall–Kier alpha value is -1.59. The van der Waals surface area contributed by atoms with E-state index in [1.165, 1.54) is 11.1 Å². The van der Waals surface area contributed by atoms with E-state index in [0.29, 0.717) is 0 Å². The lowest BCUT2D eigenvalue weighted by molar-refractivity contribution is -0.130. The number of amides is 1. The van der Waals surface area contributed by atoms with Crippen LogP contribution in [0.2, 0.25) is 0 Å². The highest BCUT2D eigenvalue weighted by Gasteiger charge is 2.18. The van der Waals surface area contributed by atoms with E-state index >= 15 is 0 Å². The number of nitrogens with zero attached hydrogens (tertiary/aromatic N) is 2. The van der Waals surface area contributed by atoms with E-state index < -0.39 is 0 Å². The van der Waals surface area contributed by atoms with Gasteiger partial charge in [0.05, 0.1) is 7.11 Å². The molecule has 1 aliphatic heterocycles. The molecular formula is C16H25N3O2. The normalized spacial score (nSPS) is 16.0. The van der Waals surface area contributed by atoms with Crippen molar-refractivity contribution in [2.45, 2.75) is 20.0 Å². The molecule has 0 aliphatic carbocycles. The van der Waals surface area contributed by atoms with E-state index in [1.54, 1.807) is 14.0 Å². The van der Waals surface area contributed by atoms with Crippen LogP contribution in [0.15, 0.2) is 18.2 Å². The second-order valence-electron chi connectivity index (χ2n) is 5.46. The van der Waals surface area contributed by atoms with Crippen molar-refractivity contribution in [2.24, 2.45) is 0 Å². The lowest BCUT2D eigenvalue weighted by Crippen LogP contribution is -2.47. The van der Waals surface area contributed by atoms with Gasteiger partial charge in [-0.15, -0.1) is 0 Å². The maximum atomic E-state index is 11.3. The average molecular weight is 291 g/mol. The number of hydrogen-bond acceptors (Lipinski definition) is 4. The first-order valence-corrected chi connectivity index (χ1v) is 7.42. The largest absolute Gasteiger partial charge is 0.496 e. The van der Waals surface area contributed by atoms with Gasteiger partial charge in [0.25, 0.3) is 0 Å². The van der Waals surface area contributed by atoms with Gasteiger partial charge in [-0.2, -0.15) is 0 Å². The first kappa shape index (κ1) is 15.8. The molecule has 1 aromatic rings. The van der Waals surface area contributed by atoms with Crippen molar-refractivity contribution in [1.82, 2.24) is 15.1 Å². The highest BCUT2D eigenvalue weighted by atomic mass is 16.5. The summed E-state index contributed by atoms with van der Waals surface area (Å²) in [6.07, 6.45) is 0. The van der Waals surface area contributed by atoms with Crippen LogP contribution in [0.25, 0.3) is 0 Å². The Morgan fingerprint density at radius 1 is 1.29 bits per heavy atom. The third-order valence-corrected chi connectivity index (χ3v) is 3.94. The quantitative estimate of drug-likeness (QED) is 0.882. The third kappa shape index (κ3) is 4.19. The number of piperazine rings is 1. The molecule has 21 heavy (non-hydrogen) atoms. The van der Waals surface area contributed by atoms with Gasteiger partial charge in [0.1, 0.15) is 5.75 Å². The molecule has 0 radical (unpaired) electrons. The number of ether oxygens (including phenoxy) is 1. The molecule has 5 nitrogen and oxygen atoms in total. The van der Waals surface area contributed by atoms with E-state index in [2.05, 4.69) is 28.4 Å². The van der Waals surface area contributed by atoms with Crippen molar-refractivity contribution in [3.63, 3.8) is 0 Å². The molecule has 0 atom stereocenters. The minimum absolute atomic E-state index is 0.174. The number of rotatable bonds is 5. The molecule has 1 heterocycles. The Labute approximate surface area is 126 Å². The van der Waals surface area contributed by atoms with Gasteiger partial charge in [0, 0.05) is 51.8 Å². The van der Waals surface area contributed by atoms with E-state index in [-0.39, 0.29) is 5.91 Å². The zero-order valence-corrected chi connectivity index (χ0v) is 13.2. The standard InChI is InChI=1S/C16H25N3O2/c1-13(20)19-8-6-18(7-9-19)12-14-4-5-15(11-17-2)16(10-14)21-3/h4-5,10,17H,6-9,11-12H2,1-3H3. The van der Waals surface area contributed by atoms with Crippen molar-refractivity contribution in [2.75, 3.05) is 40.3 Å². The molecule has 0 bridgehead atoms. The number of carbonyl (C=O) groups is 1. The van der Waals surface area contributed by atoms with Crippen LogP contribution in [0.3, 0.4) is 0 Å². The van der Waals surface area contributed by atoms with E-state index in [9.17, 15) is 4.79 Å². The molecule has 1 amide bonds. The predicted octanol–water partition coefficient (Wildman–Crippen LogP) is 1.08. The smallest absolute Gasteiger partial charge is 0.219 e. The number of benzene rings is 1. The molecule has 116 valence electrons. The molecular weight excluding hydrogens is 266 g/mol. The maximum Gasteiger partial charge on any atom is 0.219 e. The van der Waals surface area contributed by atoms with Gasteiger partial charge in [-0.1, -0.05) is 12.1 Å². The summed E-state index contributed by atoms with van der Waals surface area (Å²) < 4.78 is 5.46.